The maximum atomic E-state index is 12.8. The molecule has 0 aliphatic carbocycles. The Morgan fingerprint density at radius 2 is 1.62 bits per heavy atom. The van der Waals surface area contributed by atoms with Gasteiger partial charge in [-0.2, -0.15) is 0 Å². The van der Waals surface area contributed by atoms with Crippen molar-refractivity contribution < 1.29 is 29.3 Å². The predicted octanol–water partition coefficient (Wildman–Crippen LogP) is 4.10. The van der Waals surface area contributed by atoms with Crippen LogP contribution in [0.5, 0.6) is 23.0 Å². The Morgan fingerprint density at radius 1 is 1.07 bits per heavy atom. The molecule has 0 aromatic heterocycles. The number of ketones is 1. The average molecular weight is 392 g/mol. The van der Waals surface area contributed by atoms with Gasteiger partial charge in [-0.3, -0.25) is 4.79 Å². The molecule has 2 aromatic carbocycles. The van der Waals surface area contributed by atoms with Crippen LogP contribution < -0.4 is 4.74 Å². The van der Waals surface area contributed by atoms with Crippen LogP contribution in [0, 0.1) is 5.92 Å². The van der Waals surface area contributed by atoms with Crippen LogP contribution in [0.3, 0.4) is 0 Å². The first-order valence-corrected chi connectivity index (χ1v) is 9.25. The van der Waals surface area contributed by atoms with Crippen molar-refractivity contribution in [2.75, 3.05) is 0 Å². The van der Waals surface area contributed by atoms with Gasteiger partial charge in [0.05, 0.1) is 5.57 Å². The number of fused-ring (bicyclic) bond motifs is 4. The summed E-state index contributed by atoms with van der Waals surface area (Å²) in [5.41, 5.74) is 0.599. The second-order valence-electron chi connectivity index (χ2n) is 7.22. The number of phenols is 2. The highest BCUT2D eigenvalue weighted by Crippen LogP contribution is 2.58. The molecule has 2 N–H and O–H groups in total. The SMILES string of the molecule is C/C=C1/C(=O)OC2(/C1=C/C(C)C(C)=O)c1ccc(O)cc1Oc1cc(O)ccc12. The Labute approximate surface area is 167 Å². The van der Waals surface area contributed by atoms with Crippen molar-refractivity contribution in [1.29, 1.82) is 0 Å². The van der Waals surface area contributed by atoms with Crippen molar-refractivity contribution in [1.82, 2.24) is 0 Å². The largest absolute Gasteiger partial charge is 0.508 e. The van der Waals surface area contributed by atoms with E-state index in [1.807, 2.05) is 0 Å². The van der Waals surface area contributed by atoms with Gasteiger partial charge in [0.2, 0.25) is 0 Å². The molecule has 2 aliphatic rings. The normalized spacial score (nSPS) is 20.2. The first-order valence-electron chi connectivity index (χ1n) is 9.25. The van der Waals surface area contributed by atoms with Gasteiger partial charge in [-0.05, 0) is 38.1 Å². The molecule has 1 saturated heterocycles. The van der Waals surface area contributed by atoms with Crippen LogP contribution in [0.15, 0.2) is 59.7 Å². The summed E-state index contributed by atoms with van der Waals surface area (Å²) >= 11 is 0. The molecule has 1 fully saturated rings. The number of aromatic hydroxyl groups is 2. The van der Waals surface area contributed by atoms with Crippen molar-refractivity contribution >= 4 is 11.8 Å². The van der Waals surface area contributed by atoms with Gasteiger partial charge in [0.15, 0.2) is 5.60 Å². The number of carbonyl (C=O) groups is 2. The highest BCUT2D eigenvalue weighted by atomic mass is 16.6. The topological polar surface area (TPSA) is 93.1 Å². The molecule has 1 unspecified atom stereocenters. The minimum absolute atomic E-state index is 0.0132. The van der Waals surface area contributed by atoms with Crippen LogP contribution in [-0.2, 0) is 19.9 Å². The van der Waals surface area contributed by atoms with Crippen LogP contribution in [0.4, 0.5) is 0 Å². The van der Waals surface area contributed by atoms with Gasteiger partial charge < -0.3 is 19.7 Å². The summed E-state index contributed by atoms with van der Waals surface area (Å²) in [5.74, 6) is -0.443. The van der Waals surface area contributed by atoms with E-state index in [0.717, 1.165) is 0 Å². The van der Waals surface area contributed by atoms with Gasteiger partial charge in [-0.15, -0.1) is 0 Å². The third-order valence-electron chi connectivity index (χ3n) is 5.39. The van der Waals surface area contributed by atoms with E-state index in [2.05, 4.69) is 0 Å². The van der Waals surface area contributed by atoms with Crippen molar-refractivity contribution in [2.45, 2.75) is 26.4 Å². The van der Waals surface area contributed by atoms with Gasteiger partial charge >= 0.3 is 5.97 Å². The Bertz CT molecular complexity index is 1060. The molecule has 0 amide bonds. The first-order chi connectivity index (χ1) is 13.8. The van der Waals surface area contributed by atoms with E-state index in [4.69, 9.17) is 9.47 Å². The molecule has 148 valence electrons. The van der Waals surface area contributed by atoms with Crippen molar-refractivity contribution in [3.05, 3.63) is 70.8 Å². The summed E-state index contributed by atoms with van der Waals surface area (Å²) in [7, 11) is 0. The number of rotatable bonds is 2. The lowest BCUT2D eigenvalue weighted by Gasteiger charge is -2.36. The summed E-state index contributed by atoms with van der Waals surface area (Å²) in [6.45, 7) is 4.98. The zero-order valence-corrected chi connectivity index (χ0v) is 16.2. The van der Waals surface area contributed by atoms with Gasteiger partial charge in [-0.25, -0.2) is 4.79 Å². The third-order valence-corrected chi connectivity index (χ3v) is 5.39. The molecule has 2 heterocycles. The van der Waals surface area contributed by atoms with Gasteiger partial charge in [-0.1, -0.05) is 19.1 Å². The molecule has 0 saturated carbocycles. The zero-order valence-electron chi connectivity index (χ0n) is 16.2. The number of esters is 1. The first kappa shape index (κ1) is 18.8. The van der Waals surface area contributed by atoms with Gasteiger partial charge in [0, 0.05) is 34.8 Å². The fourth-order valence-electron chi connectivity index (χ4n) is 3.83. The highest BCUT2D eigenvalue weighted by Gasteiger charge is 2.55. The van der Waals surface area contributed by atoms with Crippen molar-refractivity contribution in [3.63, 3.8) is 0 Å². The van der Waals surface area contributed by atoms with E-state index >= 15 is 0 Å². The van der Waals surface area contributed by atoms with Crippen LogP contribution in [-0.4, -0.2) is 22.0 Å². The number of hydrogen-bond donors (Lipinski definition) is 2. The second-order valence-corrected chi connectivity index (χ2v) is 7.22. The standard InChI is InChI=1S/C23H20O6/c1-4-16-19(9-12(2)13(3)24)23(29-22(16)27)17-7-5-14(25)10-20(17)28-21-11-15(26)6-8-18(21)23/h4-12,25-26H,1-3H3/b16-4+,19-9+. The van der Waals surface area contributed by atoms with Crippen molar-refractivity contribution in [3.8, 4) is 23.0 Å². The highest BCUT2D eigenvalue weighted by molar-refractivity contribution is 6.00. The van der Waals surface area contributed by atoms with Crippen LogP contribution in [0.2, 0.25) is 0 Å². The summed E-state index contributed by atoms with van der Waals surface area (Å²) in [5, 5.41) is 19.9. The molecule has 6 heteroatoms. The average Bonchev–Trinajstić information content (AvgIpc) is 2.93. The Kier molecular flexibility index (Phi) is 4.22. The number of hydrogen-bond acceptors (Lipinski definition) is 6. The molecule has 2 aliphatic heterocycles. The summed E-state index contributed by atoms with van der Waals surface area (Å²) in [6, 6.07) is 9.11. The van der Waals surface area contributed by atoms with Crippen molar-refractivity contribution in [2.24, 2.45) is 5.92 Å². The predicted molar refractivity (Wildman–Crippen MR) is 105 cm³/mol. The number of allylic oxidation sites excluding steroid dienone is 2. The lowest BCUT2D eigenvalue weighted by molar-refractivity contribution is -0.143. The number of ether oxygens (including phenoxy) is 2. The van der Waals surface area contributed by atoms with Crippen LogP contribution in [0.25, 0.3) is 0 Å². The summed E-state index contributed by atoms with van der Waals surface area (Å²) < 4.78 is 11.9. The molecule has 0 radical (unpaired) electrons. The second kappa shape index (κ2) is 6.51. The molecule has 4 rings (SSSR count). The Hall–Kier alpha value is -3.54. The minimum Gasteiger partial charge on any atom is -0.508 e. The van der Waals surface area contributed by atoms with Crippen LogP contribution in [0.1, 0.15) is 31.9 Å². The molecule has 1 spiro atoms. The number of Topliss-reactive ketones (excluding diaryl/α,β-unsaturated/α-hetero) is 1. The maximum Gasteiger partial charge on any atom is 0.339 e. The lowest BCUT2D eigenvalue weighted by Crippen LogP contribution is -2.33. The molecule has 2 aromatic rings. The molecule has 29 heavy (non-hydrogen) atoms. The van der Waals surface area contributed by atoms with E-state index in [-0.39, 0.29) is 17.3 Å². The van der Waals surface area contributed by atoms with E-state index in [1.54, 1.807) is 38.1 Å². The molecule has 1 atom stereocenters. The molecular weight excluding hydrogens is 372 g/mol. The third kappa shape index (κ3) is 2.71. The number of benzene rings is 2. The van der Waals surface area contributed by atoms with E-state index in [9.17, 15) is 19.8 Å². The number of phenolic OH excluding ortho intramolecular Hbond substituents is 2. The monoisotopic (exact) mass is 392 g/mol. The Balaban J connectivity index is 2.10. The summed E-state index contributed by atoms with van der Waals surface area (Å²) in [4.78, 5) is 24.8. The van der Waals surface area contributed by atoms with E-state index in [0.29, 0.717) is 33.8 Å². The van der Waals surface area contributed by atoms with Gasteiger partial charge in [0.25, 0.3) is 0 Å². The lowest BCUT2D eigenvalue weighted by atomic mass is 9.75. The zero-order chi connectivity index (χ0) is 20.9. The fraction of sp³-hybridized carbons (Fsp3) is 0.217. The number of carbonyl (C=O) groups excluding carboxylic acids is 2. The minimum atomic E-state index is -1.35. The van der Waals surface area contributed by atoms with Crippen LogP contribution >= 0.6 is 0 Å². The molecule has 0 bridgehead atoms. The fourth-order valence-corrected chi connectivity index (χ4v) is 3.83. The molecular formula is C23H20O6. The maximum absolute atomic E-state index is 12.8. The van der Waals surface area contributed by atoms with E-state index in [1.165, 1.54) is 31.2 Å². The summed E-state index contributed by atoms with van der Waals surface area (Å²) in [6.07, 6.45) is 3.40. The molecule has 6 nitrogen and oxygen atoms in total. The smallest absolute Gasteiger partial charge is 0.339 e. The van der Waals surface area contributed by atoms with Gasteiger partial charge in [0.1, 0.15) is 28.8 Å². The van der Waals surface area contributed by atoms with E-state index < -0.39 is 17.5 Å². The Morgan fingerprint density at radius 3 is 2.10 bits per heavy atom. The quantitative estimate of drug-likeness (QED) is 0.590.